The number of phosphoric acid groups is 1. The Labute approximate surface area is 44.7 Å². The number of hydroxylamine groups is 1. The molecule has 0 aromatic carbocycles. The smallest absolute Gasteiger partial charge is 0.301 e. The number of nitrogens with one attached hydrogen (secondary N) is 1. The SMILES string of the molecule is O=CNOP(=O)(O)O. The first-order valence-electron chi connectivity index (χ1n) is 1.49. The third kappa shape index (κ3) is 5.58. The van der Waals surface area contributed by atoms with Crippen molar-refractivity contribution in [2.75, 3.05) is 0 Å². The van der Waals surface area contributed by atoms with Crippen molar-refractivity contribution in [1.82, 2.24) is 5.48 Å². The summed E-state index contributed by atoms with van der Waals surface area (Å²) in [6, 6.07) is 0. The van der Waals surface area contributed by atoms with Crippen molar-refractivity contribution in [2.45, 2.75) is 0 Å². The van der Waals surface area contributed by atoms with Gasteiger partial charge in [0, 0.05) is 0 Å². The zero-order chi connectivity index (χ0) is 6.62. The van der Waals surface area contributed by atoms with E-state index in [1.807, 2.05) is 0 Å². The van der Waals surface area contributed by atoms with E-state index in [-0.39, 0.29) is 6.41 Å². The number of amides is 1. The average molecular weight is 141 g/mol. The summed E-state index contributed by atoms with van der Waals surface area (Å²) in [5.74, 6) is 0. The molecule has 0 spiro atoms. The largest absolute Gasteiger partial charge is 0.491 e. The molecule has 0 atom stereocenters. The van der Waals surface area contributed by atoms with Gasteiger partial charge in [0.2, 0.25) is 6.41 Å². The number of hydrogen-bond donors (Lipinski definition) is 3. The maximum absolute atomic E-state index is 9.64. The Balaban J connectivity index is 3.40. The predicted molar refractivity (Wildman–Crippen MR) is 22.3 cm³/mol. The quantitative estimate of drug-likeness (QED) is 0.259. The Hall–Kier alpha value is -0.420. The minimum Gasteiger partial charge on any atom is -0.301 e. The van der Waals surface area contributed by atoms with Crippen molar-refractivity contribution in [3.8, 4) is 0 Å². The van der Waals surface area contributed by atoms with E-state index in [1.165, 1.54) is 5.48 Å². The fraction of sp³-hybridized carbons (Fsp3) is 0. The van der Waals surface area contributed by atoms with Crippen LogP contribution in [-0.2, 0) is 14.0 Å². The molecule has 0 heterocycles. The van der Waals surface area contributed by atoms with Crippen molar-refractivity contribution in [3.63, 3.8) is 0 Å². The molecule has 6 nitrogen and oxygen atoms in total. The fourth-order valence-corrected chi connectivity index (χ4v) is 0.271. The second kappa shape index (κ2) is 2.78. The first-order valence-corrected chi connectivity index (χ1v) is 3.02. The third-order valence-corrected chi connectivity index (χ3v) is 0.563. The lowest BCUT2D eigenvalue weighted by atomic mass is 11.5. The van der Waals surface area contributed by atoms with Crippen molar-refractivity contribution >= 4 is 14.2 Å². The van der Waals surface area contributed by atoms with E-state index in [2.05, 4.69) is 4.62 Å². The van der Waals surface area contributed by atoms with Gasteiger partial charge in [-0.1, -0.05) is 0 Å². The number of hydrogen-bond acceptors (Lipinski definition) is 3. The van der Waals surface area contributed by atoms with Crippen molar-refractivity contribution in [2.24, 2.45) is 0 Å². The summed E-state index contributed by atoms with van der Waals surface area (Å²) in [6.45, 7) is 0. The lowest BCUT2D eigenvalue weighted by Gasteiger charge is -1.98. The van der Waals surface area contributed by atoms with E-state index in [1.54, 1.807) is 0 Å². The normalized spacial score (nSPS) is 10.8. The van der Waals surface area contributed by atoms with E-state index in [4.69, 9.17) is 9.79 Å². The van der Waals surface area contributed by atoms with Gasteiger partial charge in [0.15, 0.2) is 0 Å². The van der Waals surface area contributed by atoms with Crippen LogP contribution in [0.2, 0.25) is 0 Å². The molecule has 0 rings (SSSR count). The summed E-state index contributed by atoms with van der Waals surface area (Å²) in [4.78, 5) is 24.9. The minimum absolute atomic E-state index is 0.0130. The molecule has 1 amide bonds. The summed E-state index contributed by atoms with van der Waals surface area (Å²) in [5, 5.41) is 0. The maximum atomic E-state index is 9.64. The van der Waals surface area contributed by atoms with Crippen LogP contribution < -0.4 is 5.48 Å². The molecular formula is CH4NO5P. The molecule has 8 heavy (non-hydrogen) atoms. The van der Waals surface area contributed by atoms with Gasteiger partial charge < -0.3 is 9.79 Å². The highest BCUT2D eigenvalue weighted by molar-refractivity contribution is 7.46. The van der Waals surface area contributed by atoms with E-state index in [0.29, 0.717) is 0 Å². The van der Waals surface area contributed by atoms with Crippen LogP contribution in [0.3, 0.4) is 0 Å². The zero-order valence-corrected chi connectivity index (χ0v) is 4.54. The van der Waals surface area contributed by atoms with Gasteiger partial charge in [-0.3, -0.25) is 4.79 Å². The fourth-order valence-electron chi connectivity index (χ4n) is 0.0902. The lowest BCUT2D eigenvalue weighted by molar-refractivity contribution is -0.116. The molecule has 0 aliphatic heterocycles. The topological polar surface area (TPSA) is 95.9 Å². The first kappa shape index (κ1) is 7.58. The molecule has 0 saturated carbocycles. The second-order valence-electron chi connectivity index (χ2n) is 0.818. The Morgan fingerprint density at radius 1 is 1.62 bits per heavy atom. The van der Waals surface area contributed by atoms with E-state index >= 15 is 0 Å². The van der Waals surface area contributed by atoms with Crippen molar-refractivity contribution in [1.29, 1.82) is 0 Å². The second-order valence-corrected chi connectivity index (χ2v) is 1.98. The van der Waals surface area contributed by atoms with Gasteiger partial charge in [0.05, 0.1) is 0 Å². The van der Waals surface area contributed by atoms with Crippen LogP contribution in [0.25, 0.3) is 0 Å². The molecule has 0 aliphatic carbocycles. The van der Waals surface area contributed by atoms with E-state index in [9.17, 15) is 9.36 Å². The molecule has 7 heteroatoms. The van der Waals surface area contributed by atoms with Gasteiger partial charge in [0.1, 0.15) is 0 Å². The molecular weight excluding hydrogens is 137 g/mol. The molecule has 0 aliphatic rings. The van der Waals surface area contributed by atoms with Crippen LogP contribution in [0.4, 0.5) is 0 Å². The predicted octanol–water partition coefficient (Wildman–Crippen LogP) is -1.24. The zero-order valence-electron chi connectivity index (χ0n) is 3.64. The monoisotopic (exact) mass is 141 g/mol. The van der Waals surface area contributed by atoms with Crippen LogP contribution in [-0.4, -0.2) is 16.2 Å². The van der Waals surface area contributed by atoms with Crippen LogP contribution in [0, 0.1) is 0 Å². The highest BCUT2D eigenvalue weighted by Gasteiger charge is 2.12. The van der Waals surface area contributed by atoms with Gasteiger partial charge in [-0.25, -0.2) is 10.0 Å². The van der Waals surface area contributed by atoms with Crippen molar-refractivity contribution in [3.05, 3.63) is 0 Å². The molecule has 0 bridgehead atoms. The number of carbonyl (C=O) groups excluding carboxylic acids is 1. The third-order valence-electron chi connectivity index (χ3n) is 0.220. The maximum Gasteiger partial charge on any atom is 0.491 e. The highest BCUT2D eigenvalue weighted by atomic mass is 31.2. The van der Waals surface area contributed by atoms with Gasteiger partial charge in [-0.2, -0.15) is 4.62 Å². The lowest BCUT2D eigenvalue weighted by Crippen LogP contribution is -2.08. The molecule has 0 unspecified atom stereocenters. The van der Waals surface area contributed by atoms with Gasteiger partial charge >= 0.3 is 7.82 Å². The molecule has 3 N–H and O–H groups in total. The van der Waals surface area contributed by atoms with Crippen LogP contribution in [0.1, 0.15) is 0 Å². The van der Waals surface area contributed by atoms with Crippen LogP contribution in [0.15, 0.2) is 0 Å². The van der Waals surface area contributed by atoms with E-state index in [0.717, 1.165) is 0 Å². The van der Waals surface area contributed by atoms with Crippen LogP contribution >= 0.6 is 7.82 Å². The minimum atomic E-state index is -4.52. The standard InChI is InChI=1S/CH4NO5P/c3-1-2-7-8(4,5)6/h1H,(H,2,3)(H2,4,5,6). The van der Waals surface area contributed by atoms with Gasteiger partial charge in [0.25, 0.3) is 0 Å². The first-order chi connectivity index (χ1) is 3.56. The van der Waals surface area contributed by atoms with Gasteiger partial charge in [-0.15, -0.1) is 0 Å². The van der Waals surface area contributed by atoms with E-state index < -0.39 is 7.82 Å². The summed E-state index contributed by atoms with van der Waals surface area (Å²) >= 11 is 0. The Morgan fingerprint density at radius 3 is 2.25 bits per heavy atom. The molecule has 0 aromatic heterocycles. The molecule has 0 aromatic rings. The van der Waals surface area contributed by atoms with Gasteiger partial charge in [-0.05, 0) is 0 Å². The summed E-state index contributed by atoms with van der Waals surface area (Å²) < 4.78 is 13.1. The van der Waals surface area contributed by atoms with Crippen LogP contribution in [0.5, 0.6) is 0 Å². The molecule has 0 fully saturated rings. The Morgan fingerprint density at radius 2 is 2.12 bits per heavy atom. The summed E-state index contributed by atoms with van der Waals surface area (Å²) in [7, 11) is -4.52. The molecule has 0 saturated heterocycles. The highest BCUT2D eigenvalue weighted by Crippen LogP contribution is 2.33. The number of rotatable bonds is 3. The summed E-state index contributed by atoms with van der Waals surface area (Å²) in [6.07, 6.45) is 0.0130. The Kier molecular flexibility index (Phi) is 2.64. The Bertz CT molecular complexity index is 116. The van der Waals surface area contributed by atoms with Crippen molar-refractivity contribution < 1.29 is 23.8 Å². The summed E-state index contributed by atoms with van der Waals surface area (Å²) in [5.41, 5.74) is 1.34. The average Bonchev–Trinajstić information content (AvgIpc) is 1.59. The molecule has 48 valence electrons. The number of carbonyl (C=O) groups is 1. The molecule has 0 radical (unpaired) electrons.